The van der Waals surface area contributed by atoms with Gasteiger partial charge in [0.1, 0.15) is 11.8 Å². The fraction of sp³-hybridized carbons (Fsp3) is 1.00. The fourth-order valence-electron chi connectivity index (χ4n) is 7.80. The monoisotopic (exact) mass is 478 g/mol. The number of aliphatic hydroxyl groups is 1. The first-order valence-corrected chi connectivity index (χ1v) is 14.9. The van der Waals surface area contributed by atoms with E-state index in [1.54, 1.807) is 0 Å². The second kappa shape index (κ2) is 11.4. The van der Waals surface area contributed by atoms with Crippen LogP contribution in [0, 0.1) is 11.1 Å². The summed E-state index contributed by atoms with van der Waals surface area (Å²) in [6.07, 6.45) is 20.4. The Morgan fingerprint density at radius 2 is 1.35 bits per heavy atom. The van der Waals surface area contributed by atoms with E-state index in [9.17, 15) is 10.3 Å². The first kappa shape index (κ1) is 25.4. The van der Waals surface area contributed by atoms with Crippen molar-refractivity contribution in [2.45, 2.75) is 146 Å². The molecule has 6 heteroatoms. The van der Waals surface area contributed by atoms with Crippen LogP contribution in [0.5, 0.6) is 0 Å². The molecule has 5 rings (SSSR count). The largest absolute Gasteiger partial charge is 0.631 e. The lowest BCUT2D eigenvalue weighted by atomic mass is 9.83. The predicted octanol–water partition coefficient (Wildman–Crippen LogP) is 5.46. The number of nitrogens with zero attached hydrogens (tertiary/aromatic N) is 2. The molecule has 5 heterocycles. The van der Waals surface area contributed by atoms with E-state index in [0.717, 1.165) is 44.4 Å². The van der Waals surface area contributed by atoms with Crippen molar-refractivity contribution in [2.75, 3.05) is 26.2 Å². The zero-order chi connectivity index (χ0) is 23.4. The molecule has 5 fully saturated rings. The van der Waals surface area contributed by atoms with Crippen molar-refractivity contribution in [1.29, 1.82) is 0 Å². The minimum atomic E-state index is -0.939. The predicted molar refractivity (Wildman–Crippen MR) is 134 cm³/mol. The molecule has 0 spiro atoms. The quantitative estimate of drug-likeness (QED) is 0.370. The van der Waals surface area contributed by atoms with Crippen LogP contribution in [0.3, 0.4) is 0 Å². The highest BCUT2D eigenvalue weighted by atomic mass is 16.6. The van der Waals surface area contributed by atoms with Crippen molar-refractivity contribution >= 4 is 0 Å². The van der Waals surface area contributed by atoms with Gasteiger partial charge in [0.2, 0.25) is 6.23 Å². The van der Waals surface area contributed by atoms with Crippen LogP contribution in [0.2, 0.25) is 0 Å². The highest BCUT2D eigenvalue weighted by Crippen LogP contribution is 2.42. The second-order valence-corrected chi connectivity index (χ2v) is 12.3. The van der Waals surface area contributed by atoms with Crippen LogP contribution < -0.4 is 0 Å². The second-order valence-electron chi connectivity index (χ2n) is 12.3. The van der Waals surface area contributed by atoms with E-state index in [1.165, 1.54) is 83.7 Å². The summed E-state index contributed by atoms with van der Waals surface area (Å²) in [6.45, 7) is 3.68. The average Bonchev–Trinajstić information content (AvgIpc) is 2.83. The van der Waals surface area contributed by atoms with Gasteiger partial charge in [-0.15, -0.1) is 0 Å². The van der Waals surface area contributed by atoms with Crippen LogP contribution in [-0.2, 0) is 9.47 Å². The van der Waals surface area contributed by atoms with Gasteiger partial charge in [-0.1, -0.05) is 51.4 Å². The minimum absolute atomic E-state index is 0.153. The Morgan fingerprint density at radius 1 is 0.676 bits per heavy atom. The van der Waals surface area contributed by atoms with E-state index in [0.29, 0.717) is 31.8 Å². The van der Waals surface area contributed by atoms with Crippen LogP contribution in [0.1, 0.15) is 116 Å². The zero-order valence-electron chi connectivity index (χ0n) is 21.5. The third kappa shape index (κ3) is 5.84. The topological polar surface area (TPSA) is 65.0 Å². The third-order valence-corrected chi connectivity index (χ3v) is 9.77. The maximum absolute atomic E-state index is 13.5. The number of piperidine rings is 2. The van der Waals surface area contributed by atoms with Crippen molar-refractivity contribution in [3.05, 3.63) is 5.21 Å². The molecule has 0 aliphatic carbocycles. The molecule has 1 N–H and O–H groups in total. The normalized spacial score (nSPS) is 45.9. The number of hydrogen-bond donors (Lipinski definition) is 1. The Kier molecular flexibility index (Phi) is 8.55. The maximum atomic E-state index is 13.5. The Balaban J connectivity index is 1.20. The maximum Gasteiger partial charge on any atom is 0.222 e. The molecule has 0 radical (unpaired) electrons. The number of rotatable bonds is 0. The molecule has 0 aromatic rings. The Bertz CT molecular complexity index is 650. The van der Waals surface area contributed by atoms with Gasteiger partial charge in [0, 0.05) is 19.5 Å². The minimum Gasteiger partial charge on any atom is -0.631 e. The number of quaternary nitrogens is 1. The summed E-state index contributed by atoms with van der Waals surface area (Å²) in [4.78, 5) is 2.63. The lowest BCUT2D eigenvalue weighted by Crippen LogP contribution is -2.69. The van der Waals surface area contributed by atoms with Crippen molar-refractivity contribution < 1.29 is 19.2 Å². The van der Waals surface area contributed by atoms with Gasteiger partial charge in [-0.3, -0.25) is 4.90 Å². The van der Waals surface area contributed by atoms with Crippen molar-refractivity contribution in [1.82, 2.24) is 4.90 Å². The van der Waals surface area contributed by atoms with Crippen LogP contribution in [0.15, 0.2) is 0 Å². The molecule has 34 heavy (non-hydrogen) atoms. The molecule has 5 aliphatic rings. The van der Waals surface area contributed by atoms with Crippen LogP contribution in [0.25, 0.3) is 0 Å². The van der Waals surface area contributed by atoms with Gasteiger partial charge < -0.3 is 24.4 Å². The van der Waals surface area contributed by atoms with Gasteiger partial charge in [0.05, 0.1) is 25.3 Å². The van der Waals surface area contributed by atoms with Crippen LogP contribution >= 0.6 is 0 Å². The standard InChI is InChI=1S/C28H50N2O4/c31-28-17-8-4-3-7-13-24-15-20-29-19-9-12-23(26(29)33-24)11-5-1-2-6-14-25-16-22-30(32,21-10-18-28)27(28)34-25/h23-27,31H,1-22H2/t23-,24-,25-,26+,27+,28+,30+/m0/s1. The molecule has 0 aromatic heterocycles. The zero-order valence-corrected chi connectivity index (χ0v) is 21.5. The van der Waals surface area contributed by atoms with Crippen molar-refractivity contribution in [3.63, 3.8) is 0 Å². The molecular formula is C28H50N2O4. The molecule has 0 saturated carbocycles. The van der Waals surface area contributed by atoms with Gasteiger partial charge in [0.25, 0.3) is 0 Å². The van der Waals surface area contributed by atoms with Gasteiger partial charge >= 0.3 is 0 Å². The highest BCUT2D eigenvalue weighted by molar-refractivity contribution is 4.90. The summed E-state index contributed by atoms with van der Waals surface area (Å²) in [7, 11) is 0. The molecule has 0 unspecified atom stereocenters. The summed E-state index contributed by atoms with van der Waals surface area (Å²) in [5, 5.41) is 25.1. The van der Waals surface area contributed by atoms with E-state index in [2.05, 4.69) is 4.90 Å². The molecule has 5 aliphatic heterocycles. The number of hydroxylamine groups is 3. The SMILES string of the molecule is [O-][N@+]12CCC[C@]3(O)CCCCCC[C@H]4CCN5CCC[C@H](CCCCCC[C@@H](CC1)O[C@H]32)[C@H]5O4. The molecule has 0 amide bonds. The lowest BCUT2D eigenvalue weighted by Gasteiger charge is -2.59. The van der Waals surface area contributed by atoms with E-state index >= 15 is 0 Å². The van der Waals surface area contributed by atoms with Gasteiger partial charge in [-0.2, -0.15) is 0 Å². The van der Waals surface area contributed by atoms with E-state index in [-0.39, 0.29) is 10.8 Å². The van der Waals surface area contributed by atoms with Gasteiger partial charge in [-0.25, -0.2) is 0 Å². The number of ether oxygens (including phenoxy) is 2. The van der Waals surface area contributed by atoms with Crippen LogP contribution in [-0.4, -0.2) is 71.1 Å². The summed E-state index contributed by atoms with van der Waals surface area (Å²) in [5.41, 5.74) is -0.939. The first-order valence-electron chi connectivity index (χ1n) is 14.9. The average molecular weight is 479 g/mol. The Morgan fingerprint density at radius 3 is 2.18 bits per heavy atom. The van der Waals surface area contributed by atoms with Gasteiger partial charge in [0.15, 0.2) is 0 Å². The summed E-state index contributed by atoms with van der Waals surface area (Å²) >= 11 is 0. The van der Waals surface area contributed by atoms with E-state index in [4.69, 9.17) is 9.47 Å². The first-order chi connectivity index (χ1) is 16.6. The third-order valence-electron chi connectivity index (χ3n) is 9.77. The Hall–Kier alpha value is -0.240. The smallest absolute Gasteiger partial charge is 0.222 e. The molecule has 7 atom stereocenters. The van der Waals surface area contributed by atoms with Crippen molar-refractivity contribution in [3.8, 4) is 0 Å². The summed E-state index contributed by atoms with van der Waals surface area (Å²) < 4.78 is 12.8. The molecule has 0 aromatic carbocycles. The fourth-order valence-corrected chi connectivity index (χ4v) is 7.80. The van der Waals surface area contributed by atoms with E-state index < -0.39 is 11.8 Å². The molecule has 6 nitrogen and oxygen atoms in total. The lowest BCUT2D eigenvalue weighted by molar-refractivity contribution is -0.952. The molecular weight excluding hydrogens is 428 g/mol. The molecule has 5 saturated heterocycles. The Labute approximate surface area is 207 Å². The number of hydrogen-bond acceptors (Lipinski definition) is 5. The summed E-state index contributed by atoms with van der Waals surface area (Å²) in [5.74, 6) is 0.718. The molecule has 4 bridgehead atoms. The van der Waals surface area contributed by atoms with E-state index in [1.807, 2.05) is 0 Å². The van der Waals surface area contributed by atoms with Gasteiger partial charge in [-0.05, 0) is 63.7 Å². The summed E-state index contributed by atoms with van der Waals surface area (Å²) in [6, 6.07) is 0. The number of fused-ring (bicyclic) bond motifs is 2. The highest BCUT2D eigenvalue weighted by Gasteiger charge is 2.53. The molecule has 196 valence electrons. The van der Waals surface area contributed by atoms with Crippen molar-refractivity contribution in [2.24, 2.45) is 5.92 Å². The van der Waals surface area contributed by atoms with Crippen LogP contribution in [0.4, 0.5) is 0 Å².